The van der Waals surface area contributed by atoms with Gasteiger partial charge < -0.3 is 5.11 Å². The normalized spacial score (nSPS) is 13.1. The summed E-state index contributed by atoms with van der Waals surface area (Å²) in [5.41, 5.74) is 0.0787. The third-order valence-electron chi connectivity index (χ3n) is 3.18. The largest absolute Gasteiger partial charge is 0.494 e. The molecule has 1 aromatic heterocycles. The summed E-state index contributed by atoms with van der Waals surface area (Å²) in [6, 6.07) is 9.47. The van der Waals surface area contributed by atoms with Crippen LogP contribution in [-0.2, 0) is 0 Å². The summed E-state index contributed by atoms with van der Waals surface area (Å²) in [6.45, 7) is 3.74. The Morgan fingerprint density at radius 3 is 2.48 bits per heavy atom. The van der Waals surface area contributed by atoms with Gasteiger partial charge in [0.25, 0.3) is 5.56 Å². The van der Waals surface area contributed by atoms with Gasteiger partial charge in [-0.1, -0.05) is 37.3 Å². The predicted octanol–water partition coefficient (Wildman–Crippen LogP) is 1.73. The average molecular weight is 287 g/mol. The first-order valence-corrected chi connectivity index (χ1v) is 6.70. The van der Waals surface area contributed by atoms with Crippen LogP contribution in [0.1, 0.15) is 37.4 Å². The van der Waals surface area contributed by atoms with Crippen LogP contribution in [0.5, 0.6) is 5.88 Å². The monoisotopic (exact) mass is 287 g/mol. The molecule has 1 aromatic carbocycles. The van der Waals surface area contributed by atoms with Crippen LogP contribution < -0.4 is 11.2 Å². The molecule has 0 aliphatic rings. The molecule has 1 atom stereocenters. The molecule has 2 rings (SSSR count). The van der Waals surface area contributed by atoms with E-state index >= 15 is 0 Å². The minimum absolute atomic E-state index is 0.0138. The number of aromatic hydroxyl groups is 1. The van der Waals surface area contributed by atoms with Crippen LogP contribution in [-0.4, -0.2) is 20.8 Å². The van der Waals surface area contributed by atoms with E-state index in [9.17, 15) is 14.7 Å². The Morgan fingerprint density at radius 1 is 1.24 bits per heavy atom. The lowest BCUT2D eigenvalue weighted by Gasteiger charge is -2.11. The van der Waals surface area contributed by atoms with E-state index in [1.165, 1.54) is 0 Å². The summed E-state index contributed by atoms with van der Waals surface area (Å²) in [5.74, 6) is -0.454. The van der Waals surface area contributed by atoms with Crippen molar-refractivity contribution in [3.05, 3.63) is 62.3 Å². The molecule has 0 unspecified atom stereocenters. The zero-order valence-electron chi connectivity index (χ0n) is 11.9. The summed E-state index contributed by atoms with van der Waals surface area (Å²) in [6.07, 6.45) is 0.458. The van der Waals surface area contributed by atoms with Gasteiger partial charge in [-0.3, -0.25) is 19.8 Å². The molecule has 3 N–H and O–H groups in total. The smallest absolute Gasteiger partial charge is 0.328 e. The van der Waals surface area contributed by atoms with Crippen molar-refractivity contribution in [3.63, 3.8) is 0 Å². The van der Waals surface area contributed by atoms with Crippen LogP contribution in [0, 0.1) is 0 Å². The molecule has 0 amide bonds. The molecule has 2 aromatic rings. The highest BCUT2D eigenvalue weighted by Crippen LogP contribution is 2.19. The van der Waals surface area contributed by atoms with Crippen LogP contribution in [0.15, 0.2) is 44.9 Å². The van der Waals surface area contributed by atoms with Crippen molar-refractivity contribution >= 4 is 5.71 Å². The predicted molar refractivity (Wildman–Crippen MR) is 81.0 cm³/mol. The van der Waals surface area contributed by atoms with Crippen molar-refractivity contribution in [2.45, 2.75) is 26.3 Å². The van der Waals surface area contributed by atoms with Crippen molar-refractivity contribution in [1.29, 1.82) is 0 Å². The molecule has 0 spiro atoms. The van der Waals surface area contributed by atoms with Gasteiger partial charge in [0.2, 0.25) is 5.88 Å². The maximum atomic E-state index is 11.9. The lowest BCUT2D eigenvalue weighted by molar-refractivity contribution is 0.447. The van der Waals surface area contributed by atoms with E-state index in [4.69, 9.17) is 0 Å². The highest BCUT2D eigenvalue weighted by Gasteiger charge is 2.15. The van der Waals surface area contributed by atoms with Crippen LogP contribution in [0.25, 0.3) is 0 Å². The number of aromatic amines is 2. The minimum Gasteiger partial charge on any atom is -0.494 e. The van der Waals surface area contributed by atoms with Crippen molar-refractivity contribution in [2.24, 2.45) is 4.99 Å². The first kappa shape index (κ1) is 14.8. The quantitative estimate of drug-likeness (QED) is 0.747. The van der Waals surface area contributed by atoms with E-state index in [0.29, 0.717) is 12.1 Å². The van der Waals surface area contributed by atoms with E-state index in [1.54, 1.807) is 0 Å². The summed E-state index contributed by atoms with van der Waals surface area (Å²) in [4.78, 5) is 31.7. The molecule has 0 radical (unpaired) electrons. The molecule has 0 bridgehead atoms. The second-order valence-corrected chi connectivity index (χ2v) is 4.65. The number of hydrogen-bond donors (Lipinski definition) is 3. The number of nitrogens with zero attached hydrogens (tertiary/aromatic N) is 1. The Morgan fingerprint density at radius 2 is 1.90 bits per heavy atom. The molecule has 0 fully saturated rings. The Bertz CT molecular complexity index is 760. The number of H-pyrrole nitrogens is 2. The van der Waals surface area contributed by atoms with E-state index in [1.807, 2.05) is 44.2 Å². The van der Waals surface area contributed by atoms with Crippen LogP contribution in [0.4, 0.5) is 0 Å². The first-order chi connectivity index (χ1) is 10.0. The Hall–Kier alpha value is -2.63. The molecule has 6 heteroatoms. The molecule has 0 aliphatic carbocycles. The maximum Gasteiger partial charge on any atom is 0.328 e. The number of nitrogens with one attached hydrogen (secondary N) is 2. The van der Waals surface area contributed by atoms with Gasteiger partial charge >= 0.3 is 5.69 Å². The number of rotatable bonds is 4. The number of hydrogen-bond acceptors (Lipinski definition) is 4. The molecule has 1 heterocycles. The summed E-state index contributed by atoms with van der Waals surface area (Å²) in [7, 11) is 0. The fourth-order valence-electron chi connectivity index (χ4n) is 2.11. The van der Waals surface area contributed by atoms with Crippen molar-refractivity contribution in [3.8, 4) is 5.88 Å². The van der Waals surface area contributed by atoms with Crippen molar-refractivity contribution in [2.75, 3.05) is 0 Å². The summed E-state index contributed by atoms with van der Waals surface area (Å²) < 4.78 is 0. The molecule has 0 saturated carbocycles. The SMILES string of the molecule is CCC(=N[C@H](C)c1ccccc1)c1c(O)[nH]c(=O)[nH]c1=O. The van der Waals surface area contributed by atoms with Crippen LogP contribution in [0.3, 0.4) is 0 Å². The van der Waals surface area contributed by atoms with Crippen LogP contribution >= 0.6 is 0 Å². The fraction of sp³-hybridized carbons (Fsp3) is 0.267. The van der Waals surface area contributed by atoms with Gasteiger partial charge in [-0.25, -0.2) is 4.79 Å². The van der Waals surface area contributed by atoms with Gasteiger partial charge in [0.1, 0.15) is 5.56 Å². The summed E-state index contributed by atoms with van der Waals surface area (Å²) >= 11 is 0. The Kier molecular flexibility index (Phi) is 4.37. The first-order valence-electron chi connectivity index (χ1n) is 6.70. The van der Waals surface area contributed by atoms with E-state index in [2.05, 4.69) is 15.0 Å². The van der Waals surface area contributed by atoms with E-state index in [0.717, 1.165) is 5.56 Å². The van der Waals surface area contributed by atoms with Gasteiger partial charge in [0.05, 0.1) is 11.8 Å². The van der Waals surface area contributed by atoms with Gasteiger partial charge in [-0.2, -0.15) is 0 Å². The van der Waals surface area contributed by atoms with Gasteiger partial charge in [0.15, 0.2) is 0 Å². The minimum atomic E-state index is -0.743. The fourth-order valence-corrected chi connectivity index (χ4v) is 2.11. The lowest BCUT2D eigenvalue weighted by Crippen LogP contribution is -2.27. The molecule has 110 valence electrons. The Balaban J connectivity index is 2.48. The topological polar surface area (TPSA) is 98.3 Å². The molecule has 0 aliphatic heterocycles. The number of aromatic nitrogens is 2. The highest BCUT2D eigenvalue weighted by atomic mass is 16.3. The molecule has 6 nitrogen and oxygen atoms in total. The molecule has 0 saturated heterocycles. The maximum absolute atomic E-state index is 11.9. The average Bonchev–Trinajstić information content (AvgIpc) is 2.45. The highest BCUT2D eigenvalue weighted by molar-refractivity contribution is 6.01. The number of benzene rings is 1. The van der Waals surface area contributed by atoms with Crippen LogP contribution in [0.2, 0.25) is 0 Å². The van der Waals surface area contributed by atoms with Gasteiger partial charge in [-0.05, 0) is 18.9 Å². The van der Waals surface area contributed by atoms with E-state index < -0.39 is 17.1 Å². The molecule has 21 heavy (non-hydrogen) atoms. The standard InChI is InChI=1S/C15H17N3O3/c1-3-11(12-13(19)17-15(21)18-14(12)20)16-9(2)10-7-5-4-6-8-10/h4-9H,3H2,1-2H3,(H3,17,18,19,20,21)/t9-/m1/s1. The van der Waals surface area contributed by atoms with Gasteiger partial charge in [0, 0.05) is 0 Å². The van der Waals surface area contributed by atoms with Gasteiger partial charge in [-0.15, -0.1) is 0 Å². The third-order valence-corrected chi connectivity index (χ3v) is 3.18. The molecular formula is C15H17N3O3. The molecular weight excluding hydrogens is 270 g/mol. The zero-order chi connectivity index (χ0) is 15.4. The second-order valence-electron chi connectivity index (χ2n) is 4.65. The van der Waals surface area contributed by atoms with E-state index in [-0.39, 0.29) is 11.6 Å². The number of aliphatic imine (C=N–C) groups is 1. The lowest BCUT2D eigenvalue weighted by atomic mass is 10.1. The zero-order valence-corrected chi connectivity index (χ0v) is 11.9. The summed E-state index contributed by atoms with van der Waals surface area (Å²) in [5, 5.41) is 9.80. The third kappa shape index (κ3) is 3.28. The van der Waals surface area contributed by atoms with Crippen molar-refractivity contribution < 1.29 is 5.11 Å². The Labute approximate surface area is 121 Å². The van der Waals surface area contributed by atoms with Crippen molar-refractivity contribution in [1.82, 2.24) is 9.97 Å². The second kappa shape index (κ2) is 6.21.